The van der Waals surface area contributed by atoms with Gasteiger partial charge in [-0.15, -0.1) is 0 Å². The van der Waals surface area contributed by atoms with Crippen LogP contribution < -0.4 is 21.1 Å². The first-order valence-corrected chi connectivity index (χ1v) is 12.6. The number of likely N-dealkylation sites (tertiary alicyclic amines) is 1. The standard InChI is InChI=1S/C28H32ClN5O2/c1-2-20-18-25(30)26(19-24(20)29)33-27(35)12-7-21-6-5-13-31-28(21)32-22-8-10-23(11-9-22)36-17-16-34-14-3-4-15-34/h5-13,18-19H,2-4,14-17,30H2,1H3,(H,31,32)(H,33,35)/b12-7+. The summed E-state index contributed by atoms with van der Waals surface area (Å²) in [6, 6.07) is 15.0. The number of carbonyl (C=O) groups is 1. The lowest BCUT2D eigenvalue weighted by Crippen LogP contribution is -2.25. The van der Waals surface area contributed by atoms with Crippen LogP contribution in [-0.2, 0) is 11.2 Å². The zero-order valence-corrected chi connectivity index (χ0v) is 21.2. The second-order valence-electron chi connectivity index (χ2n) is 8.69. The number of benzene rings is 2. The number of nitrogen functional groups attached to an aromatic ring is 1. The average molecular weight is 506 g/mol. The van der Waals surface area contributed by atoms with Crippen molar-refractivity contribution in [3.8, 4) is 5.75 Å². The summed E-state index contributed by atoms with van der Waals surface area (Å²) < 4.78 is 5.88. The maximum atomic E-state index is 12.5. The third kappa shape index (κ3) is 6.99. The highest BCUT2D eigenvalue weighted by Crippen LogP contribution is 2.28. The maximum absolute atomic E-state index is 12.5. The van der Waals surface area contributed by atoms with Gasteiger partial charge in [0, 0.05) is 35.1 Å². The molecular weight excluding hydrogens is 474 g/mol. The van der Waals surface area contributed by atoms with Crippen molar-refractivity contribution >= 4 is 46.5 Å². The van der Waals surface area contributed by atoms with Crippen molar-refractivity contribution in [2.45, 2.75) is 26.2 Å². The van der Waals surface area contributed by atoms with E-state index in [1.54, 1.807) is 24.4 Å². The molecule has 1 aromatic heterocycles. The second kappa shape index (κ2) is 12.4. The molecule has 0 saturated carbocycles. The number of hydrogen-bond acceptors (Lipinski definition) is 6. The number of nitrogens with zero attached hydrogens (tertiary/aromatic N) is 2. The molecule has 1 fully saturated rings. The summed E-state index contributed by atoms with van der Waals surface area (Å²) in [6.07, 6.45) is 8.19. The molecule has 0 spiro atoms. The van der Waals surface area contributed by atoms with E-state index in [2.05, 4.69) is 20.5 Å². The van der Waals surface area contributed by atoms with Gasteiger partial charge >= 0.3 is 0 Å². The van der Waals surface area contributed by atoms with Crippen LogP contribution in [-0.4, -0.2) is 42.0 Å². The van der Waals surface area contributed by atoms with Gasteiger partial charge in [-0.3, -0.25) is 9.69 Å². The third-order valence-corrected chi connectivity index (χ3v) is 6.45. The van der Waals surface area contributed by atoms with Gasteiger partial charge < -0.3 is 21.1 Å². The Morgan fingerprint density at radius 2 is 1.97 bits per heavy atom. The fraction of sp³-hybridized carbons (Fsp3) is 0.286. The number of pyridine rings is 1. The zero-order chi connectivity index (χ0) is 25.3. The smallest absolute Gasteiger partial charge is 0.248 e. The minimum atomic E-state index is -0.313. The first-order valence-electron chi connectivity index (χ1n) is 12.3. The van der Waals surface area contributed by atoms with Crippen molar-refractivity contribution in [2.24, 2.45) is 0 Å². The van der Waals surface area contributed by atoms with Crippen molar-refractivity contribution in [1.82, 2.24) is 9.88 Å². The molecule has 4 N–H and O–H groups in total. The maximum Gasteiger partial charge on any atom is 0.248 e. The van der Waals surface area contributed by atoms with E-state index in [4.69, 9.17) is 22.1 Å². The van der Waals surface area contributed by atoms with Gasteiger partial charge in [-0.2, -0.15) is 0 Å². The molecular formula is C28H32ClN5O2. The normalized spacial score (nSPS) is 13.7. The zero-order valence-electron chi connectivity index (χ0n) is 20.5. The molecule has 0 unspecified atom stereocenters. The van der Waals surface area contributed by atoms with Crippen molar-refractivity contribution in [2.75, 3.05) is 42.6 Å². The highest BCUT2D eigenvalue weighted by atomic mass is 35.5. The molecule has 2 heterocycles. The molecule has 0 aliphatic carbocycles. The number of carbonyl (C=O) groups excluding carboxylic acids is 1. The molecule has 2 aromatic carbocycles. The number of rotatable bonds is 10. The topological polar surface area (TPSA) is 92.5 Å². The number of nitrogens with one attached hydrogen (secondary N) is 2. The van der Waals surface area contributed by atoms with Crippen LogP contribution in [0.4, 0.5) is 22.9 Å². The van der Waals surface area contributed by atoms with E-state index < -0.39 is 0 Å². The van der Waals surface area contributed by atoms with Gasteiger partial charge in [0.2, 0.25) is 5.91 Å². The van der Waals surface area contributed by atoms with Crippen LogP contribution in [0.5, 0.6) is 5.75 Å². The Balaban J connectivity index is 1.35. The summed E-state index contributed by atoms with van der Waals surface area (Å²) in [7, 11) is 0. The van der Waals surface area contributed by atoms with Gasteiger partial charge in [0.05, 0.1) is 11.4 Å². The van der Waals surface area contributed by atoms with Crippen molar-refractivity contribution in [1.29, 1.82) is 0 Å². The number of halogens is 1. The lowest BCUT2D eigenvalue weighted by molar-refractivity contribution is -0.111. The van der Waals surface area contributed by atoms with E-state index in [-0.39, 0.29) is 5.91 Å². The summed E-state index contributed by atoms with van der Waals surface area (Å²) in [6.45, 7) is 5.98. The molecule has 188 valence electrons. The van der Waals surface area contributed by atoms with E-state index in [0.29, 0.717) is 28.8 Å². The SMILES string of the molecule is CCc1cc(N)c(NC(=O)/C=C/c2cccnc2Nc2ccc(OCCN3CCCC3)cc2)cc1Cl. The van der Waals surface area contributed by atoms with E-state index in [0.717, 1.165) is 35.5 Å². The van der Waals surface area contributed by atoms with Crippen molar-refractivity contribution in [3.63, 3.8) is 0 Å². The van der Waals surface area contributed by atoms with E-state index in [1.165, 1.54) is 32.0 Å². The molecule has 1 aliphatic heterocycles. The Kier molecular flexibility index (Phi) is 8.81. The van der Waals surface area contributed by atoms with Gasteiger partial charge in [0.25, 0.3) is 0 Å². The number of aryl methyl sites for hydroxylation is 1. The summed E-state index contributed by atoms with van der Waals surface area (Å²) in [5.74, 6) is 1.16. The summed E-state index contributed by atoms with van der Waals surface area (Å²) in [4.78, 5) is 19.4. The van der Waals surface area contributed by atoms with Gasteiger partial charge in [-0.05, 0) is 92.5 Å². The van der Waals surface area contributed by atoms with Gasteiger partial charge in [0.15, 0.2) is 0 Å². The van der Waals surface area contributed by atoms with Gasteiger partial charge in [0.1, 0.15) is 18.2 Å². The minimum absolute atomic E-state index is 0.313. The number of hydrogen-bond donors (Lipinski definition) is 3. The number of anilines is 4. The van der Waals surface area contributed by atoms with E-state index in [1.807, 2.05) is 43.3 Å². The molecule has 0 bridgehead atoms. The Morgan fingerprint density at radius 1 is 1.19 bits per heavy atom. The largest absolute Gasteiger partial charge is 0.492 e. The second-order valence-corrected chi connectivity index (χ2v) is 9.10. The van der Waals surface area contributed by atoms with Crippen LogP contribution in [0.25, 0.3) is 6.08 Å². The number of nitrogens with two attached hydrogens (primary N) is 1. The Bertz CT molecular complexity index is 1210. The average Bonchev–Trinajstić information content (AvgIpc) is 3.40. The molecule has 4 rings (SSSR count). The number of aromatic nitrogens is 1. The Hall–Kier alpha value is -3.55. The van der Waals surface area contributed by atoms with Crippen LogP contribution in [0.3, 0.4) is 0 Å². The van der Waals surface area contributed by atoms with Gasteiger partial charge in [-0.1, -0.05) is 18.5 Å². The fourth-order valence-electron chi connectivity index (χ4n) is 4.08. The van der Waals surface area contributed by atoms with Crippen LogP contribution >= 0.6 is 11.6 Å². The summed E-state index contributed by atoms with van der Waals surface area (Å²) in [5.41, 5.74) is 9.61. The Labute approximate surface area is 217 Å². The Morgan fingerprint density at radius 3 is 2.72 bits per heavy atom. The van der Waals surface area contributed by atoms with E-state index >= 15 is 0 Å². The van der Waals surface area contributed by atoms with Crippen molar-refractivity contribution in [3.05, 3.63) is 77.0 Å². The van der Waals surface area contributed by atoms with Gasteiger partial charge in [-0.25, -0.2) is 4.98 Å². The molecule has 1 amide bonds. The molecule has 3 aromatic rings. The van der Waals surface area contributed by atoms with Crippen LogP contribution in [0.2, 0.25) is 5.02 Å². The fourth-order valence-corrected chi connectivity index (χ4v) is 4.38. The highest BCUT2D eigenvalue weighted by Gasteiger charge is 2.11. The molecule has 0 radical (unpaired) electrons. The molecule has 1 saturated heterocycles. The van der Waals surface area contributed by atoms with Crippen molar-refractivity contribution < 1.29 is 9.53 Å². The first-order chi connectivity index (χ1) is 17.5. The molecule has 8 heteroatoms. The third-order valence-electron chi connectivity index (χ3n) is 6.10. The molecule has 1 aliphatic rings. The lowest BCUT2D eigenvalue weighted by Gasteiger charge is -2.15. The minimum Gasteiger partial charge on any atom is -0.492 e. The molecule has 36 heavy (non-hydrogen) atoms. The van der Waals surface area contributed by atoms with E-state index in [9.17, 15) is 4.79 Å². The number of amides is 1. The quantitative estimate of drug-likeness (QED) is 0.240. The van der Waals surface area contributed by atoms with Crippen LogP contribution in [0, 0.1) is 0 Å². The predicted octanol–water partition coefficient (Wildman–Crippen LogP) is 5.75. The van der Waals surface area contributed by atoms with Crippen LogP contribution in [0.1, 0.15) is 30.9 Å². The van der Waals surface area contributed by atoms with Crippen LogP contribution in [0.15, 0.2) is 60.8 Å². The molecule has 7 nitrogen and oxygen atoms in total. The summed E-state index contributed by atoms with van der Waals surface area (Å²) in [5, 5.41) is 6.67. The molecule has 0 atom stereocenters. The first kappa shape index (κ1) is 25.5. The highest BCUT2D eigenvalue weighted by molar-refractivity contribution is 6.32. The summed E-state index contributed by atoms with van der Waals surface area (Å²) >= 11 is 6.27. The monoisotopic (exact) mass is 505 g/mol. The number of ether oxygens (including phenoxy) is 1. The lowest BCUT2D eigenvalue weighted by atomic mass is 10.1. The predicted molar refractivity (Wildman–Crippen MR) is 148 cm³/mol.